The van der Waals surface area contributed by atoms with Crippen molar-refractivity contribution < 1.29 is 9.53 Å². The van der Waals surface area contributed by atoms with Gasteiger partial charge in [-0.1, -0.05) is 18.2 Å². The molecule has 2 atom stereocenters. The lowest BCUT2D eigenvalue weighted by molar-refractivity contribution is -0.127. The van der Waals surface area contributed by atoms with Crippen LogP contribution in [0.2, 0.25) is 0 Å². The van der Waals surface area contributed by atoms with E-state index in [1.165, 1.54) is 43.9 Å². The molecule has 1 aromatic carbocycles. The van der Waals surface area contributed by atoms with Crippen LogP contribution in [0, 0.1) is 5.92 Å². The lowest BCUT2D eigenvalue weighted by Crippen LogP contribution is -2.45. The van der Waals surface area contributed by atoms with Crippen molar-refractivity contribution in [1.82, 2.24) is 10.2 Å². The van der Waals surface area contributed by atoms with E-state index < -0.39 is 6.10 Å². The second-order valence-electron chi connectivity index (χ2n) is 6.82. The first-order valence-electron chi connectivity index (χ1n) is 9.03. The SMILES string of the molecule is C[C@H](Oc1ccccc1)C(=O)NCC1CCN([C@@H]2CCSC2)CC1. The predicted octanol–water partition coefficient (Wildman–Crippen LogP) is 2.79. The molecule has 24 heavy (non-hydrogen) atoms. The van der Waals surface area contributed by atoms with Gasteiger partial charge in [-0.15, -0.1) is 0 Å². The van der Waals surface area contributed by atoms with Gasteiger partial charge in [0.05, 0.1) is 0 Å². The number of rotatable bonds is 6. The van der Waals surface area contributed by atoms with Gasteiger partial charge in [0.2, 0.25) is 0 Å². The molecular weight excluding hydrogens is 320 g/mol. The molecule has 0 unspecified atom stereocenters. The van der Waals surface area contributed by atoms with Gasteiger partial charge in [0.1, 0.15) is 5.75 Å². The summed E-state index contributed by atoms with van der Waals surface area (Å²) in [7, 11) is 0. The number of hydrogen-bond donors (Lipinski definition) is 1. The van der Waals surface area contributed by atoms with Crippen LogP contribution in [-0.4, -0.2) is 54.1 Å². The van der Waals surface area contributed by atoms with E-state index in [0.29, 0.717) is 5.92 Å². The highest BCUT2D eigenvalue weighted by atomic mass is 32.2. The third kappa shape index (κ3) is 4.90. The van der Waals surface area contributed by atoms with Gasteiger partial charge >= 0.3 is 0 Å². The van der Waals surface area contributed by atoms with E-state index in [1.807, 2.05) is 37.3 Å². The first kappa shape index (κ1) is 17.6. The van der Waals surface area contributed by atoms with Crippen LogP contribution in [0.5, 0.6) is 5.75 Å². The smallest absolute Gasteiger partial charge is 0.260 e. The summed E-state index contributed by atoms with van der Waals surface area (Å²) in [6, 6.07) is 10.3. The summed E-state index contributed by atoms with van der Waals surface area (Å²) in [5.41, 5.74) is 0. The minimum Gasteiger partial charge on any atom is -0.481 e. The first-order chi connectivity index (χ1) is 11.7. The van der Waals surface area contributed by atoms with Crippen LogP contribution in [0.15, 0.2) is 30.3 Å². The number of carbonyl (C=O) groups is 1. The molecule has 2 heterocycles. The van der Waals surface area contributed by atoms with Crippen LogP contribution >= 0.6 is 11.8 Å². The normalized spacial score (nSPS) is 23.8. The molecule has 4 nitrogen and oxygen atoms in total. The fraction of sp³-hybridized carbons (Fsp3) is 0.632. The number of likely N-dealkylation sites (tertiary alicyclic amines) is 1. The topological polar surface area (TPSA) is 41.6 Å². The van der Waals surface area contributed by atoms with Crippen LogP contribution in [0.4, 0.5) is 0 Å². The van der Waals surface area contributed by atoms with Crippen LogP contribution < -0.4 is 10.1 Å². The molecular formula is C19H28N2O2S. The fourth-order valence-electron chi connectivity index (χ4n) is 3.48. The number of benzene rings is 1. The molecule has 0 aliphatic carbocycles. The summed E-state index contributed by atoms with van der Waals surface area (Å²) >= 11 is 2.08. The third-order valence-corrected chi connectivity index (χ3v) is 6.21. The van der Waals surface area contributed by atoms with Crippen molar-refractivity contribution in [2.24, 2.45) is 5.92 Å². The Morgan fingerprint density at radius 3 is 2.71 bits per heavy atom. The average molecular weight is 349 g/mol. The van der Waals surface area contributed by atoms with Gasteiger partial charge in [-0.05, 0) is 63.1 Å². The summed E-state index contributed by atoms with van der Waals surface area (Å²) < 4.78 is 5.68. The first-order valence-corrected chi connectivity index (χ1v) is 10.2. The zero-order valence-electron chi connectivity index (χ0n) is 14.4. The van der Waals surface area contributed by atoms with Crippen molar-refractivity contribution in [3.8, 4) is 5.75 Å². The van der Waals surface area contributed by atoms with Crippen LogP contribution in [0.3, 0.4) is 0 Å². The summed E-state index contributed by atoms with van der Waals surface area (Å²) in [6.07, 6.45) is 3.27. The number of hydrogen-bond acceptors (Lipinski definition) is 4. The summed E-state index contributed by atoms with van der Waals surface area (Å²) in [6.45, 7) is 4.95. The molecule has 1 aromatic rings. The van der Waals surface area contributed by atoms with Crippen molar-refractivity contribution in [3.63, 3.8) is 0 Å². The number of piperidine rings is 1. The predicted molar refractivity (Wildman–Crippen MR) is 99.6 cm³/mol. The quantitative estimate of drug-likeness (QED) is 0.858. The number of thioether (sulfide) groups is 1. The van der Waals surface area contributed by atoms with Gasteiger partial charge in [-0.2, -0.15) is 11.8 Å². The van der Waals surface area contributed by atoms with Gasteiger partial charge < -0.3 is 10.1 Å². The molecule has 2 saturated heterocycles. The van der Waals surface area contributed by atoms with Crippen molar-refractivity contribution in [1.29, 1.82) is 0 Å². The Labute approximate surface area is 149 Å². The molecule has 5 heteroatoms. The van der Waals surface area contributed by atoms with Crippen molar-refractivity contribution in [3.05, 3.63) is 30.3 Å². The van der Waals surface area contributed by atoms with Crippen LogP contribution in [0.25, 0.3) is 0 Å². The zero-order valence-corrected chi connectivity index (χ0v) is 15.3. The highest BCUT2D eigenvalue weighted by Gasteiger charge is 2.27. The molecule has 0 spiro atoms. The second kappa shape index (κ2) is 8.77. The number of carbonyl (C=O) groups excluding carboxylic acids is 1. The Bertz CT molecular complexity index is 511. The Balaban J connectivity index is 1.36. The molecule has 1 N–H and O–H groups in total. The zero-order chi connectivity index (χ0) is 16.8. The summed E-state index contributed by atoms with van der Waals surface area (Å²) in [5.74, 6) is 3.94. The standard InChI is InChI=1S/C19H28N2O2S/c1-15(23-18-5-3-2-4-6-18)19(22)20-13-16-7-10-21(11-8-16)17-9-12-24-14-17/h2-6,15-17H,7-14H2,1H3,(H,20,22)/t15-,17+/m0/s1. The van der Waals surface area contributed by atoms with Gasteiger partial charge in [0.15, 0.2) is 6.10 Å². The number of amides is 1. The average Bonchev–Trinajstić information content (AvgIpc) is 3.15. The highest BCUT2D eigenvalue weighted by Crippen LogP contribution is 2.26. The molecule has 0 bridgehead atoms. The van der Waals surface area contributed by atoms with E-state index in [2.05, 4.69) is 22.0 Å². The highest BCUT2D eigenvalue weighted by molar-refractivity contribution is 7.99. The maximum absolute atomic E-state index is 12.2. The van der Waals surface area contributed by atoms with E-state index in [9.17, 15) is 4.79 Å². The van der Waals surface area contributed by atoms with Gasteiger partial charge in [-0.25, -0.2) is 0 Å². The van der Waals surface area contributed by atoms with Crippen LogP contribution in [0.1, 0.15) is 26.2 Å². The van der Waals surface area contributed by atoms with E-state index in [0.717, 1.165) is 18.3 Å². The third-order valence-electron chi connectivity index (χ3n) is 5.06. The molecule has 0 saturated carbocycles. The molecule has 2 aliphatic rings. The van der Waals surface area contributed by atoms with E-state index in [-0.39, 0.29) is 5.91 Å². The summed E-state index contributed by atoms with van der Waals surface area (Å²) in [4.78, 5) is 14.9. The maximum atomic E-state index is 12.2. The maximum Gasteiger partial charge on any atom is 0.260 e. The summed E-state index contributed by atoms with van der Waals surface area (Å²) in [5, 5.41) is 3.07. The Morgan fingerprint density at radius 2 is 2.04 bits per heavy atom. The molecule has 1 amide bonds. The molecule has 0 radical (unpaired) electrons. The van der Waals surface area contributed by atoms with Crippen LogP contribution in [-0.2, 0) is 4.79 Å². The molecule has 2 fully saturated rings. The van der Waals surface area contributed by atoms with Crippen molar-refractivity contribution in [2.45, 2.75) is 38.3 Å². The van der Waals surface area contributed by atoms with Crippen molar-refractivity contribution in [2.75, 3.05) is 31.1 Å². The largest absolute Gasteiger partial charge is 0.481 e. The lowest BCUT2D eigenvalue weighted by Gasteiger charge is -2.35. The van der Waals surface area contributed by atoms with Crippen molar-refractivity contribution >= 4 is 17.7 Å². The van der Waals surface area contributed by atoms with Gasteiger partial charge in [-0.3, -0.25) is 9.69 Å². The molecule has 0 aromatic heterocycles. The van der Waals surface area contributed by atoms with Gasteiger partial charge in [0.25, 0.3) is 5.91 Å². The minimum atomic E-state index is -0.456. The number of para-hydroxylation sites is 1. The molecule has 3 rings (SSSR count). The Morgan fingerprint density at radius 1 is 1.29 bits per heavy atom. The van der Waals surface area contributed by atoms with E-state index in [1.54, 1.807) is 0 Å². The van der Waals surface area contributed by atoms with Gasteiger partial charge in [0, 0.05) is 18.3 Å². The van der Waals surface area contributed by atoms with E-state index in [4.69, 9.17) is 4.74 Å². The number of nitrogens with one attached hydrogen (secondary N) is 1. The molecule has 132 valence electrons. The lowest BCUT2D eigenvalue weighted by atomic mass is 9.95. The fourth-order valence-corrected chi connectivity index (χ4v) is 4.73. The number of nitrogens with zero attached hydrogens (tertiary/aromatic N) is 1. The Hall–Kier alpha value is -1.20. The monoisotopic (exact) mass is 348 g/mol. The Kier molecular flexibility index (Phi) is 6.44. The second-order valence-corrected chi connectivity index (χ2v) is 7.96. The number of ether oxygens (including phenoxy) is 1. The molecule has 2 aliphatic heterocycles. The van der Waals surface area contributed by atoms with E-state index >= 15 is 0 Å². The minimum absolute atomic E-state index is 0.0199.